The van der Waals surface area contributed by atoms with Gasteiger partial charge in [-0.15, -0.1) is 0 Å². The molecule has 2 aliphatic rings. The summed E-state index contributed by atoms with van der Waals surface area (Å²) in [7, 11) is 0. The Hall–Kier alpha value is -5.22. The molecule has 8 rings (SSSR count). The Morgan fingerprint density at radius 2 is 1.27 bits per heavy atom. The van der Waals surface area contributed by atoms with E-state index in [-0.39, 0.29) is 10.8 Å². The Morgan fingerprint density at radius 3 is 1.86 bits per heavy atom. The maximum atomic E-state index is 4.75. The number of nitrogens with zero attached hydrogens (tertiary/aromatic N) is 4. The van der Waals surface area contributed by atoms with Crippen LogP contribution in [0, 0.1) is 17.8 Å². The van der Waals surface area contributed by atoms with Crippen LogP contribution in [0.1, 0.15) is 119 Å². The minimum atomic E-state index is -0.0294. The summed E-state index contributed by atoms with van der Waals surface area (Å²) < 4.78 is 7.29. The summed E-state index contributed by atoms with van der Waals surface area (Å²) in [4.78, 5) is 4.75. The van der Waals surface area contributed by atoms with Crippen molar-refractivity contribution in [2.75, 3.05) is 0 Å². The highest BCUT2D eigenvalue weighted by Crippen LogP contribution is 2.43. The van der Waals surface area contributed by atoms with Crippen molar-refractivity contribution in [1.29, 1.82) is 0 Å². The predicted octanol–water partition coefficient (Wildman–Crippen LogP) is 14.2. The van der Waals surface area contributed by atoms with Crippen LogP contribution >= 0.6 is 0 Å². The fourth-order valence-corrected chi connectivity index (χ4v) is 9.18. The van der Waals surface area contributed by atoms with E-state index < -0.39 is 0 Å². The van der Waals surface area contributed by atoms with Crippen LogP contribution in [0.25, 0.3) is 45.3 Å². The van der Waals surface area contributed by atoms with E-state index >= 15 is 0 Å². The lowest BCUT2D eigenvalue weighted by atomic mass is 9.76. The Morgan fingerprint density at radius 1 is 0.678 bits per heavy atom. The number of fused-ring (bicyclic) bond motifs is 3. The predicted molar refractivity (Wildman–Crippen MR) is 250 cm³/mol. The first-order valence-electron chi connectivity index (χ1n) is 22.0. The molecule has 306 valence electrons. The fourth-order valence-electron chi connectivity index (χ4n) is 9.18. The second kappa shape index (κ2) is 16.8. The van der Waals surface area contributed by atoms with Crippen molar-refractivity contribution in [2.45, 2.75) is 119 Å². The molecule has 6 aromatic rings. The van der Waals surface area contributed by atoms with Crippen molar-refractivity contribution in [3.8, 4) is 39.6 Å². The zero-order valence-electron chi connectivity index (χ0n) is 37.8. The van der Waals surface area contributed by atoms with Gasteiger partial charge in [0.2, 0.25) is 0 Å². The fraction of sp³-hybridized carbons (Fsp3) is 0.382. The van der Waals surface area contributed by atoms with Gasteiger partial charge in [-0.25, -0.2) is 9.55 Å². The van der Waals surface area contributed by atoms with Gasteiger partial charge in [-0.2, -0.15) is 4.57 Å². The molecule has 0 saturated heterocycles. The molecule has 4 heteroatoms. The third-order valence-electron chi connectivity index (χ3n) is 12.6. The zero-order valence-corrected chi connectivity index (χ0v) is 37.8. The number of hydrogen-bond acceptors (Lipinski definition) is 1. The van der Waals surface area contributed by atoms with Crippen molar-refractivity contribution in [3.63, 3.8) is 0 Å². The van der Waals surface area contributed by atoms with Crippen LogP contribution < -0.4 is 4.57 Å². The Kier molecular flexibility index (Phi) is 11.9. The van der Waals surface area contributed by atoms with Gasteiger partial charge in [0.1, 0.15) is 23.9 Å². The molecular weight excluding hydrogens is 717 g/mol. The molecular formula is C55H67N4+. The van der Waals surface area contributed by atoms with Gasteiger partial charge >= 0.3 is 0 Å². The van der Waals surface area contributed by atoms with Gasteiger partial charge in [0.05, 0.1) is 17.8 Å². The molecule has 4 nitrogen and oxygen atoms in total. The molecule has 0 N–H and O–H groups in total. The maximum Gasteiger partial charge on any atom is 0.294 e. The number of benzene rings is 4. The topological polar surface area (TPSA) is 26.6 Å². The van der Waals surface area contributed by atoms with Crippen LogP contribution in [0.2, 0.25) is 0 Å². The van der Waals surface area contributed by atoms with Crippen LogP contribution in [-0.2, 0) is 17.4 Å². The lowest BCUT2D eigenvalue weighted by Gasteiger charge is -2.32. The van der Waals surface area contributed by atoms with Gasteiger partial charge < -0.3 is 0 Å². The molecule has 0 amide bonds. The maximum absolute atomic E-state index is 4.75. The highest BCUT2D eigenvalue weighted by atomic mass is 15.2. The third-order valence-corrected chi connectivity index (χ3v) is 12.6. The summed E-state index contributed by atoms with van der Waals surface area (Å²) in [6.45, 7) is 29.0. The first kappa shape index (κ1) is 41.9. The molecule has 1 aliphatic carbocycles. The monoisotopic (exact) mass is 784 g/mol. The van der Waals surface area contributed by atoms with E-state index in [9.17, 15) is 0 Å². The van der Waals surface area contributed by atoms with Gasteiger partial charge in [-0.3, -0.25) is 4.57 Å². The van der Waals surface area contributed by atoms with Crippen LogP contribution in [0.4, 0.5) is 0 Å². The second-order valence-corrected chi connectivity index (χ2v) is 19.7. The normalized spacial score (nSPS) is 16.9. The summed E-state index contributed by atoms with van der Waals surface area (Å²) >= 11 is 0. The van der Waals surface area contributed by atoms with Crippen molar-refractivity contribution in [2.24, 2.45) is 17.8 Å². The molecule has 59 heavy (non-hydrogen) atoms. The molecule has 3 heterocycles. The molecule has 0 bridgehead atoms. The van der Waals surface area contributed by atoms with Crippen molar-refractivity contribution in [1.82, 2.24) is 14.1 Å². The van der Waals surface area contributed by atoms with Crippen LogP contribution in [0.3, 0.4) is 0 Å². The summed E-state index contributed by atoms with van der Waals surface area (Å²) in [5.74, 6) is 4.62. The minimum Gasteiger partial charge on any atom is -0.299 e. The van der Waals surface area contributed by atoms with Crippen molar-refractivity contribution in [3.05, 3.63) is 156 Å². The Balaban J connectivity index is 0.000000180. The molecule has 0 spiro atoms. The number of aromatic nitrogens is 4. The molecule has 2 aromatic heterocycles. The zero-order chi connectivity index (χ0) is 42.2. The molecule has 2 atom stereocenters. The van der Waals surface area contributed by atoms with Crippen LogP contribution in [-0.4, -0.2) is 14.1 Å². The Bertz CT molecular complexity index is 2420. The minimum absolute atomic E-state index is 0.0294. The third kappa shape index (κ3) is 8.47. The van der Waals surface area contributed by atoms with E-state index in [0.717, 1.165) is 17.9 Å². The quantitative estimate of drug-likeness (QED) is 0.155. The van der Waals surface area contributed by atoms with E-state index in [2.05, 4.69) is 212 Å². The summed E-state index contributed by atoms with van der Waals surface area (Å²) in [5.41, 5.74) is 14.9. The van der Waals surface area contributed by atoms with Crippen molar-refractivity contribution >= 4 is 5.70 Å². The average Bonchev–Trinajstić information content (AvgIpc) is 3.85. The van der Waals surface area contributed by atoms with Gasteiger partial charge in [0.15, 0.2) is 0 Å². The van der Waals surface area contributed by atoms with Gasteiger partial charge in [-0.1, -0.05) is 168 Å². The van der Waals surface area contributed by atoms with Crippen LogP contribution in [0.5, 0.6) is 0 Å². The first-order chi connectivity index (χ1) is 28.1. The molecule has 4 aromatic carbocycles. The highest BCUT2D eigenvalue weighted by molar-refractivity contribution is 5.75. The standard InChI is InChI=1S/C29H32N2.C26H35N2/c1-28(2,3)24-19-23(21-13-9-7-10-14-21)20-25(29(4,5)6)26(24)31-18-17-30-27(31)22-15-11-8-12-16-22;1-17(2)21-12-9-13-22(18(3)4)25(21)28-15-14-27-16-19(5)20(6)23-10-7-8-11-24(23)26(27)28/h7-20H,1-6H3;7-8,10-12,14-15,17-20H,9,13,16H2,1-6H3/q;+1. The number of allylic oxidation sites excluding steroid dienone is 4. The number of rotatable bonds is 6. The largest absolute Gasteiger partial charge is 0.299 e. The van der Waals surface area contributed by atoms with Gasteiger partial charge in [0, 0.05) is 23.9 Å². The SMILES string of the molecule is CC(C)(C)c1cc(-c2ccccc2)cc(C(C)(C)C)c1-n1ccnc1-c1ccccc1.CC(C)C1=CCCC(C(C)C)=C1n1cc[n+]2c1-c1ccccc1C(C)C(C)C2. The first-order valence-corrected chi connectivity index (χ1v) is 22.0. The molecule has 0 saturated carbocycles. The average molecular weight is 784 g/mol. The van der Waals surface area contributed by atoms with Crippen molar-refractivity contribution < 1.29 is 4.57 Å². The second-order valence-electron chi connectivity index (χ2n) is 19.7. The Labute approximate surface area is 355 Å². The van der Waals surface area contributed by atoms with E-state index in [0.29, 0.717) is 23.7 Å². The van der Waals surface area contributed by atoms with E-state index in [1.54, 1.807) is 5.57 Å². The molecule has 2 unspecified atom stereocenters. The van der Waals surface area contributed by atoms with Gasteiger partial charge in [-0.05, 0) is 98.6 Å². The number of imidazole rings is 2. The molecule has 0 radical (unpaired) electrons. The number of hydrogen-bond donors (Lipinski definition) is 0. The lowest BCUT2D eigenvalue weighted by molar-refractivity contribution is -0.690. The summed E-state index contributed by atoms with van der Waals surface area (Å²) in [6, 6.07) is 34.9. The van der Waals surface area contributed by atoms with E-state index in [4.69, 9.17) is 4.98 Å². The summed E-state index contributed by atoms with van der Waals surface area (Å²) in [6.07, 6.45) is 13.5. The highest BCUT2D eigenvalue weighted by Gasteiger charge is 2.36. The molecule has 0 fully saturated rings. The summed E-state index contributed by atoms with van der Waals surface area (Å²) in [5, 5.41) is 0. The van der Waals surface area contributed by atoms with E-state index in [1.807, 2.05) is 12.3 Å². The smallest absolute Gasteiger partial charge is 0.294 e. The molecule has 1 aliphatic heterocycles. The van der Waals surface area contributed by atoms with Crippen LogP contribution in [0.15, 0.2) is 139 Å². The van der Waals surface area contributed by atoms with E-state index in [1.165, 1.54) is 69.0 Å². The lowest BCUT2D eigenvalue weighted by Crippen LogP contribution is -2.37. The van der Waals surface area contributed by atoms with Gasteiger partial charge in [0.25, 0.3) is 5.82 Å².